The number of anilines is 4. The van der Waals surface area contributed by atoms with E-state index in [1.807, 2.05) is 30.3 Å². The van der Waals surface area contributed by atoms with E-state index in [-0.39, 0.29) is 11.8 Å². The van der Waals surface area contributed by atoms with Crippen molar-refractivity contribution in [3.05, 3.63) is 107 Å². The first-order chi connectivity index (χ1) is 16.1. The summed E-state index contributed by atoms with van der Waals surface area (Å²) in [5.41, 5.74) is 3.29. The van der Waals surface area contributed by atoms with Crippen LogP contribution in [-0.4, -0.2) is 21.8 Å². The minimum absolute atomic E-state index is 0.223. The summed E-state index contributed by atoms with van der Waals surface area (Å²) < 4.78 is 0. The van der Waals surface area contributed by atoms with Crippen LogP contribution < -0.4 is 15.5 Å². The minimum atomic E-state index is -0.373. The molecule has 2 aromatic carbocycles. The molecule has 0 saturated carbocycles. The maximum Gasteiger partial charge on any atom is 0.260 e. The van der Waals surface area contributed by atoms with Gasteiger partial charge in [-0.05, 0) is 48.0 Å². The molecule has 0 atom stereocenters. The zero-order chi connectivity index (χ0) is 22.8. The predicted octanol–water partition coefficient (Wildman–Crippen LogP) is 5.29. The average Bonchev–Trinajstić information content (AvgIpc) is 3.01. The Morgan fingerprint density at radius 1 is 0.939 bits per heavy atom. The van der Waals surface area contributed by atoms with Crippen molar-refractivity contribution in [3.8, 4) is 0 Å². The molecule has 162 valence electrons. The molecule has 1 aliphatic rings. The molecule has 0 aliphatic carbocycles. The molecule has 1 aliphatic heterocycles. The van der Waals surface area contributed by atoms with Gasteiger partial charge in [-0.3, -0.25) is 9.59 Å². The number of carbonyl (C=O) groups excluding carboxylic acids is 2. The van der Waals surface area contributed by atoms with E-state index in [4.69, 9.17) is 11.6 Å². The summed E-state index contributed by atoms with van der Waals surface area (Å²) in [6, 6.07) is 21.4. The third kappa shape index (κ3) is 4.14. The largest absolute Gasteiger partial charge is 0.338 e. The van der Waals surface area contributed by atoms with Gasteiger partial charge in [0.15, 0.2) is 5.82 Å². The van der Waals surface area contributed by atoms with Crippen molar-refractivity contribution < 1.29 is 9.59 Å². The Hall–Kier alpha value is -4.23. The van der Waals surface area contributed by atoms with Gasteiger partial charge in [0.25, 0.3) is 11.8 Å². The Labute approximate surface area is 195 Å². The van der Waals surface area contributed by atoms with Crippen molar-refractivity contribution in [2.75, 3.05) is 15.5 Å². The number of halogens is 1. The number of hydrogen-bond donors (Lipinski definition) is 2. The molecule has 0 bridgehead atoms. The fraction of sp³-hybridized carbons (Fsp3) is 0.0400. The van der Waals surface area contributed by atoms with E-state index in [9.17, 15) is 9.59 Å². The van der Waals surface area contributed by atoms with E-state index < -0.39 is 0 Å². The van der Waals surface area contributed by atoms with E-state index in [0.717, 1.165) is 11.3 Å². The van der Waals surface area contributed by atoms with Gasteiger partial charge in [-0.25, -0.2) is 9.97 Å². The second-order valence-electron chi connectivity index (χ2n) is 7.41. The number of rotatable bonds is 3. The van der Waals surface area contributed by atoms with Crippen LogP contribution in [0.15, 0.2) is 85.2 Å². The van der Waals surface area contributed by atoms with E-state index in [1.54, 1.807) is 53.6 Å². The summed E-state index contributed by atoms with van der Waals surface area (Å²) in [7, 11) is 0. The quantitative estimate of drug-likeness (QED) is 0.438. The molecule has 0 unspecified atom stereocenters. The zero-order valence-corrected chi connectivity index (χ0v) is 18.1. The molecule has 0 saturated heterocycles. The standard InChI is InChI=1S/C25H18ClN5O2/c26-19-8-3-2-7-18(19)24(32)30-22-12-11-16(14-28-22)25(33)31-15-17-6-1-4-9-20(17)29-23-21(31)10-5-13-27-23/h1-14H,15H2,(H,27,29)(H,28,30,32). The topological polar surface area (TPSA) is 87.2 Å². The molecule has 2 amide bonds. The van der Waals surface area contributed by atoms with Gasteiger partial charge in [-0.2, -0.15) is 0 Å². The van der Waals surface area contributed by atoms with Crippen molar-refractivity contribution in [2.24, 2.45) is 0 Å². The van der Waals surface area contributed by atoms with E-state index in [0.29, 0.717) is 40.0 Å². The van der Waals surface area contributed by atoms with Crippen LogP contribution in [0.3, 0.4) is 0 Å². The highest BCUT2D eigenvalue weighted by Crippen LogP contribution is 2.34. The first-order valence-corrected chi connectivity index (χ1v) is 10.6. The number of nitrogens with zero attached hydrogens (tertiary/aromatic N) is 3. The van der Waals surface area contributed by atoms with Crippen molar-refractivity contribution >= 4 is 46.4 Å². The highest BCUT2D eigenvalue weighted by molar-refractivity contribution is 6.34. The van der Waals surface area contributed by atoms with E-state index in [2.05, 4.69) is 20.6 Å². The summed E-state index contributed by atoms with van der Waals surface area (Å²) in [4.78, 5) is 36.3. The van der Waals surface area contributed by atoms with Gasteiger partial charge < -0.3 is 15.5 Å². The molecular weight excluding hydrogens is 438 g/mol. The molecule has 0 spiro atoms. The van der Waals surface area contributed by atoms with Crippen LogP contribution in [0.25, 0.3) is 0 Å². The predicted molar refractivity (Wildman–Crippen MR) is 128 cm³/mol. The summed E-state index contributed by atoms with van der Waals surface area (Å²) in [6.07, 6.45) is 3.13. The van der Waals surface area contributed by atoms with Gasteiger partial charge >= 0.3 is 0 Å². The van der Waals surface area contributed by atoms with Crippen LogP contribution in [-0.2, 0) is 6.54 Å². The Kier molecular flexibility index (Phi) is 5.46. The van der Waals surface area contributed by atoms with Crippen LogP contribution >= 0.6 is 11.6 Å². The number of benzene rings is 2. The third-order valence-corrected chi connectivity index (χ3v) is 5.62. The fourth-order valence-corrected chi connectivity index (χ4v) is 3.86. The third-order valence-electron chi connectivity index (χ3n) is 5.29. The second-order valence-corrected chi connectivity index (χ2v) is 7.82. The molecule has 33 heavy (non-hydrogen) atoms. The average molecular weight is 456 g/mol. The normalized spacial score (nSPS) is 12.1. The first kappa shape index (κ1) is 20.7. The number of carbonyl (C=O) groups is 2. The molecule has 2 aromatic heterocycles. The highest BCUT2D eigenvalue weighted by Gasteiger charge is 2.25. The summed E-state index contributed by atoms with van der Waals surface area (Å²) in [6.45, 7) is 0.381. The van der Waals surface area contributed by atoms with Gasteiger partial charge in [0.05, 0.1) is 28.4 Å². The summed E-state index contributed by atoms with van der Waals surface area (Å²) >= 11 is 6.09. The number of pyridine rings is 2. The Morgan fingerprint density at radius 3 is 2.58 bits per heavy atom. The molecule has 8 heteroatoms. The van der Waals surface area contributed by atoms with Crippen molar-refractivity contribution in [1.29, 1.82) is 0 Å². The first-order valence-electron chi connectivity index (χ1n) is 10.2. The second kappa shape index (κ2) is 8.72. The van der Waals surface area contributed by atoms with Crippen LogP contribution in [0, 0.1) is 0 Å². The number of hydrogen-bond acceptors (Lipinski definition) is 5. The van der Waals surface area contributed by atoms with Crippen LogP contribution in [0.5, 0.6) is 0 Å². The monoisotopic (exact) mass is 455 g/mol. The fourth-order valence-electron chi connectivity index (χ4n) is 3.63. The highest BCUT2D eigenvalue weighted by atomic mass is 35.5. The lowest BCUT2D eigenvalue weighted by atomic mass is 10.1. The van der Waals surface area contributed by atoms with E-state index in [1.165, 1.54) is 6.20 Å². The molecule has 0 fully saturated rings. The van der Waals surface area contributed by atoms with E-state index >= 15 is 0 Å². The van der Waals surface area contributed by atoms with Crippen molar-refractivity contribution in [3.63, 3.8) is 0 Å². The molecule has 5 rings (SSSR count). The van der Waals surface area contributed by atoms with Gasteiger partial charge in [0, 0.05) is 18.1 Å². The number of nitrogens with one attached hydrogen (secondary N) is 2. The summed E-state index contributed by atoms with van der Waals surface area (Å²) in [5, 5.41) is 6.37. The Bertz CT molecular complexity index is 1360. The molecule has 2 N–H and O–H groups in total. The molecular formula is C25H18ClN5O2. The summed E-state index contributed by atoms with van der Waals surface area (Å²) in [5.74, 6) is 0.329. The van der Waals surface area contributed by atoms with Gasteiger partial charge in [0.2, 0.25) is 0 Å². The smallest absolute Gasteiger partial charge is 0.260 e. The number of fused-ring (bicyclic) bond motifs is 2. The van der Waals surface area contributed by atoms with Crippen LogP contribution in [0.4, 0.5) is 23.0 Å². The van der Waals surface area contributed by atoms with Crippen LogP contribution in [0.2, 0.25) is 5.02 Å². The maximum absolute atomic E-state index is 13.5. The number of aromatic nitrogens is 2. The zero-order valence-electron chi connectivity index (χ0n) is 17.3. The van der Waals surface area contributed by atoms with Crippen molar-refractivity contribution in [1.82, 2.24) is 9.97 Å². The lowest BCUT2D eigenvalue weighted by Crippen LogP contribution is -2.30. The minimum Gasteiger partial charge on any atom is -0.338 e. The SMILES string of the molecule is O=C(Nc1ccc(C(=O)N2Cc3ccccc3Nc3ncccc32)cn1)c1ccccc1Cl. The van der Waals surface area contributed by atoms with Gasteiger partial charge in [-0.15, -0.1) is 0 Å². The van der Waals surface area contributed by atoms with Gasteiger partial charge in [0.1, 0.15) is 5.82 Å². The number of para-hydroxylation sites is 1. The molecule has 4 aromatic rings. The lowest BCUT2D eigenvalue weighted by molar-refractivity contribution is 0.0984. The van der Waals surface area contributed by atoms with Crippen molar-refractivity contribution in [2.45, 2.75) is 6.54 Å². The van der Waals surface area contributed by atoms with Gasteiger partial charge in [-0.1, -0.05) is 41.9 Å². The maximum atomic E-state index is 13.5. The van der Waals surface area contributed by atoms with Crippen LogP contribution in [0.1, 0.15) is 26.3 Å². The number of amides is 2. The lowest BCUT2D eigenvalue weighted by Gasteiger charge is -2.22. The Morgan fingerprint density at radius 2 is 1.76 bits per heavy atom. The molecule has 7 nitrogen and oxygen atoms in total. The Balaban J connectivity index is 1.40. The molecule has 0 radical (unpaired) electrons. The molecule has 3 heterocycles.